The molecule has 5 nitrogen and oxygen atoms in total. The van der Waals surface area contributed by atoms with Gasteiger partial charge in [-0.05, 0) is 80.7 Å². The third-order valence-corrected chi connectivity index (χ3v) is 4.88. The van der Waals surface area contributed by atoms with Crippen LogP contribution in [0.25, 0.3) is 0 Å². The number of carboxylic acids is 1. The lowest BCUT2D eigenvalue weighted by Gasteiger charge is -2.13. The van der Waals surface area contributed by atoms with Gasteiger partial charge in [0.15, 0.2) is 0 Å². The number of benzene rings is 2. The van der Waals surface area contributed by atoms with Crippen LogP contribution in [-0.2, 0) is 17.8 Å². The van der Waals surface area contributed by atoms with E-state index in [2.05, 4.69) is 48.6 Å². The first-order chi connectivity index (χ1) is 12.5. The third-order valence-electron chi connectivity index (χ3n) is 3.70. The summed E-state index contributed by atoms with van der Waals surface area (Å²) < 4.78 is 7.57. The van der Waals surface area contributed by atoms with E-state index < -0.39 is 5.97 Å². The number of rotatable bonds is 10. The molecule has 0 saturated carbocycles. The molecule has 0 spiro atoms. The fraction of sp³-hybridized carbons (Fsp3) is 0.316. The molecule has 0 atom stereocenters. The van der Waals surface area contributed by atoms with E-state index in [1.54, 1.807) is 0 Å². The van der Waals surface area contributed by atoms with Crippen molar-refractivity contribution in [3.63, 3.8) is 0 Å². The van der Waals surface area contributed by atoms with Crippen LogP contribution in [0.2, 0.25) is 0 Å². The van der Waals surface area contributed by atoms with E-state index >= 15 is 0 Å². The minimum atomic E-state index is -0.805. The molecule has 7 heteroatoms. The molecule has 0 aliphatic carbocycles. The van der Waals surface area contributed by atoms with Crippen molar-refractivity contribution in [1.82, 2.24) is 5.32 Å². The molecule has 0 aliphatic heterocycles. The summed E-state index contributed by atoms with van der Waals surface area (Å²) in [6.07, 6.45) is 0.583. The molecule has 0 aliphatic rings. The van der Waals surface area contributed by atoms with Crippen LogP contribution in [0.3, 0.4) is 0 Å². The van der Waals surface area contributed by atoms with Crippen molar-refractivity contribution in [2.24, 2.45) is 0 Å². The van der Waals surface area contributed by atoms with E-state index in [4.69, 9.17) is 9.84 Å². The Morgan fingerprint density at radius 3 is 2.50 bits per heavy atom. The highest BCUT2D eigenvalue weighted by atomic mass is 79.9. The number of hydrogen-bond acceptors (Lipinski definition) is 4. The summed E-state index contributed by atoms with van der Waals surface area (Å²) in [6, 6.07) is 11.9. The smallest absolute Gasteiger partial charge is 0.303 e. The van der Waals surface area contributed by atoms with E-state index in [0.29, 0.717) is 18.8 Å². The number of likely N-dealkylation sites (N-methyl/N-ethyl adjacent to an activating group) is 1. The second-order valence-corrected chi connectivity index (χ2v) is 7.51. The molecule has 26 heavy (non-hydrogen) atoms. The van der Waals surface area contributed by atoms with Crippen LogP contribution in [0.15, 0.2) is 45.3 Å². The number of ether oxygens (including phenoxy) is 1. The molecule has 0 fully saturated rings. The van der Waals surface area contributed by atoms with Crippen molar-refractivity contribution in [3.05, 3.63) is 56.5 Å². The molecule has 0 unspecified atom stereocenters. The van der Waals surface area contributed by atoms with Crippen LogP contribution in [0, 0.1) is 0 Å². The molecule has 140 valence electrons. The topological polar surface area (TPSA) is 70.6 Å². The maximum Gasteiger partial charge on any atom is 0.303 e. The summed E-state index contributed by atoms with van der Waals surface area (Å²) in [6.45, 7) is 2.19. The Bertz CT molecular complexity index is 730. The second-order valence-electron chi connectivity index (χ2n) is 5.80. The summed E-state index contributed by atoms with van der Waals surface area (Å²) in [5.74, 6) is -0.0987. The van der Waals surface area contributed by atoms with E-state index in [1.165, 1.54) is 0 Å². The minimum absolute atomic E-state index is 0.104. The van der Waals surface area contributed by atoms with Gasteiger partial charge in [0.2, 0.25) is 0 Å². The highest BCUT2D eigenvalue weighted by Crippen LogP contribution is 2.35. The van der Waals surface area contributed by atoms with E-state index in [1.807, 2.05) is 37.4 Å². The normalized spacial score (nSPS) is 10.6. The number of aryl methyl sites for hydroxylation is 1. The van der Waals surface area contributed by atoms with Gasteiger partial charge in [0.1, 0.15) is 12.4 Å². The number of aliphatic carboxylic acids is 1. The van der Waals surface area contributed by atoms with Crippen molar-refractivity contribution in [1.29, 1.82) is 0 Å². The van der Waals surface area contributed by atoms with E-state index in [0.717, 1.165) is 38.8 Å². The molecular weight excluding hydrogens is 464 g/mol. The van der Waals surface area contributed by atoms with Gasteiger partial charge in [-0.3, -0.25) is 4.79 Å². The molecular formula is C19H22Br2N2O3. The zero-order valence-corrected chi connectivity index (χ0v) is 17.7. The van der Waals surface area contributed by atoms with Gasteiger partial charge in [-0.15, -0.1) is 0 Å². The average Bonchev–Trinajstić information content (AvgIpc) is 2.60. The Balaban J connectivity index is 2.00. The van der Waals surface area contributed by atoms with Gasteiger partial charge in [0, 0.05) is 25.2 Å². The summed E-state index contributed by atoms with van der Waals surface area (Å²) in [5, 5.41) is 15.3. The standard InChI is InChI=1S/C19H22Br2N2O3/c1-22-7-8-23-15-4-2-3-14(9-15)12-26-19-16(20)10-13(11-17(19)21)5-6-18(24)25/h2-4,9-11,22-23H,5-8,12H2,1H3,(H,24,25). The average molecular weight is 486 g/mol. The van der Waals surface area contributed by atoms with Gasteiger partial charge in [0.05, 0.1) is 8.95 Å². The molecule has 2 aromatic rings. The molecule has 2 rings (SSSR count). The highest BCUT2D eigenvalue weighted by molar-refractivity contribution is 9.11. The van der Waals surface area contributed by atoms with Gasteiger partial charge < -0.3 is 20.5 Å². The van der Waals surface area contributed by atoms with Crippen molar-refractivity contribution in [3.8, 4) is 5.75 Å². The van der Waals surface area contributed by atoms with Crippen molar-refractivity contribution < 1.29 is 14.6 Å². The Kier molecular flexibility index (Phi) is 8.41. The largest absolute Gasteiger partial charge is 0.487 e. The maximum absolute atomic E-state index is 10.7. The van der Waals surface area contributed by atoms with E-state index in [-0.39, 0.29) is 6.42 Å². The molecule has 0 radical (unpaired) electrons. The molecule has 0 amide bonds. The molecule has 0 heterocycles. The molecule has 0 saturated heterocycles. The van der Waals surface area contributed by atoms with Gasteiger partial charge in [-0.1, -0.05) is 12.1 Å². The van der Waals surface area contributed by atoms with Crippen LogP contribution < -0.4 is 15.4 Å². The maximum atomic E-state index is 10.7. The number of halogens is 2. The van der Waals surface area contributed by atoms with Gasteiger partial charge in [0.25, 0.3) is 0 Å². The predicted molar refractivity (Wildman–Crippen MR) is 111 cm³/mol. The number of carbonyl (C=O) groups is 1. The fourth-order valence-electron chi connectivity index (χ4n) is 2.40. The number of carboxylic acid groups (broad SMARTS) is 1. The minimum Gasteiger partial charge on any atom is -0.487 e. The molecule has 2 aromatic carbocycles. The SMILES string of the molecule is CNCCNc1cccc(COc2c(Br)cc(CCC(=O)O)cc2Br)c1. The van der Waals surface area contributed by atoms with Gasteiger partial charge >= 0.3 is 5.97 Å². The van der Waals surface area contributed by atoms with Gasteiger partial charge in [-0.2, -0.15) is 0 Å². The van der Waals surface area contributed by atoms with Crippen molar-refractivity contribution in [2.45, 2.75) is 19.4 Å². The quantitative estimate of drug-likeness (QED) is 0.434. The van der Waals surface area contributed by atoms with Crippen molar-refractivity contribution >= 4 is 43.5 Å². The Hall–Kier alpha value is -1.57. The lowest BCUT2D eigenvalue weighted by Crippen LogP contribution is -2.17. The summed E-state index contributed by atoms with van der Waals surface area (Å²) >= 11 is 7.03. The van der Waals surface area contributed by atoms with Crippen LogP contribution in [0.4, 0.5) is 5.69 Å². The Morgan fingerprint density at radius 1 is 1.12 bits per heavy atom. The summed E-state index contributed by atoms with van der Waals surface area (Å²) in [5.41, 5.74) is 3.06. The predicted octanol–water partition coefficient (Wildman–Crippen LogP) is 4.44. The zero-order chi connectivity index (χ0) is 18.9. The lowest BCUT2D eigenvalue weighted by molar-refractivity contribution is -0.136. The second kappa shape index (κ2) is 10.5. The first kappa shape index (κ1) is 20.7. The van der Waals surface area contributed by atoms with Crippen LogP contribution >= 0.6 is 31.9 Å². The Morgan fingerprint density at radius 2 is 1.85 bits per heavy atom. The lowest BCUT2D eigenvalue weighted by atomic mass is 10.1. The van der Waals surface area contributed by atoms with Crippen LogP contribution in [-0.4, -0.2) is 31.2 Å². The molecule has 0 aromatic heterocycles. The van der Waals surface area contributed by atoms with Crippen LogP contribution in [0.5, 0.6) is 5.75 Å². The molecule has 3 N–H and O–H groups in total. The summed E-state index contributed by atoms with van der Waals surface area (Å²) in [4.78, 5) is 10.7. The fourth-order valence-corrected chi connectivity index (χ4v) is 3.91. The van der Waals surface area contributed by atoms with Gasteiger partial charge in [-0.25, -0.2) is 0 Å². The number of nitrogens with one attached hydrogen (secondary N) is 2. The Labute approximate surface area is 170 Å². The zero-order valence-electron chi connectivity index (χ0n) is 14.5. The first-order valence-corrected chi connectivity index (χ1v) is 9.88. The van der Waals surface area contributed by atoms with E-state index in [9.17, 15) is 4.79 Å². The number of anilines is 1. The monoisotopic (exact) mass is 484 g/mol. The number of hydrogen-bond donors (Lipinski definition) is 3. The van der Waals surface area contributed by atoms with Crippen LogP contribution in [0.1, 0.15) is 17.5 Å². The third kappa shape index (κ3) is 6.63. The van der Waals surface area contributed by atoms with Crippen molar-refractivity contribution in [2.75, 3.05) is 25.5 Å². The summed E-state index contributed by atoms with van der Waals surface area (Å²) in [7, 11) is 1.93. The molecule has 0 bridgehead atoms. The first-order valence-electron chi connectivity index (χ1n) is 8.29. The highest BCUT2D eigenvalue weighted by Gasteiger charge is 2.10.